The van der Waals surface area contributed by atoms with E-state index in [4.69, 9.17) is 59.2 Å². The molecule has 0 saturated carbocycles. The maximum atomic E-state index is 9.11. The van der Waals surface area contributed by atoms with Gasteiger partial charge < -0.3 is 28.4 Å². The van der Waals surface area contributed by atoms with E-state index >= 15 is 0 Å². The van der Waals surface area contributed by atoms with Gasteiger partial charge in [-0.25, -0.2) is 0 Å². The maximum Gasteiger partial charge on any atom is 0.331 e. The Morgan fingerprint density at radius 2 is 0.449 bits per heavy atom. The fourth-order valence-corrected chi connectivity index (χ4v) is 9.39. The van der Waals surface area contributed by atoms with Gasteiger partial charge in [-0.15, -0.1) is 30.7 Å². The van der Waals surface area contributed by atoms with Crippen LogP contribution in [-0.4, -0.2) is 15.0 Å². The summed E-state index contributed by atoms with van der Waals surface area (Å²) < 4.78 is 35.2. The zero-order valence-corrected chi connectivity index (χ0v) is 41.2. The monoisotopic (exact) mass is 918 g/mol. The van der Waals surface area contributed by atoms with E-state index in [9.17, 15) is 0 Å². The van der Waals surface area contributed by atoms with Crippen molar-refractivity contribution in [2.24, 2.45) is 0 Å². The lowest BCUT2D eigenvalue weighted by molar-refractivity contribution is 0.357. The third-order valence-corrected chi connectivity index (χ3v) is 11.9. The molecule has 0 fully saturated rings. The van der Waals surface area contributed by atoms with Gasteiger partial charge in [-0.1, -0.05) is 72.8 Å². The minimum atomic E-state index is -0.00346. The van der Waals surface area contributed by atoms with Crippen molar-refractivity contribution in [2.75, 3.05) is 0 Å². The first-order chi connectivity index (χ1) is 32.9. The standard InChI is InChI=1S/C57H54N6O6/c1-31-13-43(14-32(2)49(31)64-28-58)25-46-19-37(7)52(38(8)20-46)67-55-61-56(68-53-39(9)21-47(22-40(53)10)26-44-15-33(3)50(65-29-59)34(4)16-44)63-57(62-55)69-54-41(11)23-48(24-42(54)12)27-45-17-35(5)51(66-30-60)36(6)18-45/h13-24H,25-27H2,1-12H3. The van der Waals surface area contributed by atoms with E-state index in [1.165, 1.54) is 0 Å². The van der Waals surface area contributed by atoms with Gasteiger partial charge in [0.2, 0.25) is 0 Å². The molecule has 7 rings (SSSR count). The lowest BCUT2D eigenvalue weighted by Gasteiger charge is -2.17. The molecule has 0 saturated heterocycles. The van der Waals surface area contributed by atoms with Crippen molar-refractivity contribution < 1.29 is 28.4 Å². The number of rotatable bonds is 15. The molecule has 6 aromatic carbocycles. The van der Waals surface area contributed by atoms with Crippen LogP contribution >= 0.6 is 0 Å². The molecule has 1 aromatic heterocycles. The van der Waals surface area contributed by atoms with Crippen molar-refractivity contribution in [1.29, 1.82) is 15.8 Å². The van der Waals surface area contributed by atoms with Crippen molar-refractivity contribution >= 4 is 0 Å². The summed E-state index contributed by atoms with van der Waals surface area (Å²) in [7, 11) is 0. The second-order valence-corrected chi connectivity index (χ2v) is 18.0. The van der Waals surface area contributed by atoms with Gasteiger partial charge in [0.1, 0.15) is 34.5 Å². The minimum absolute atomic E-state index is 0.00346. The fraction of sp³-hybridized carbons (Fsp3) is 0.263. The predicted octanol–water partition coefficient (Wildman–Crippen LogP) is 13.3. The SMILES string of the molecule is Cc1cc(Cc2cc(C)c(Oc3nc(Oc4c(C)cc(Cc5cc(C)c(OC#N)c(C)c5)cc4C)nc(Oc4c(C)cc(Cc5cc(C)c(OC#N)c(C)c5)cc4C)n3)c(C)c2)cc(C)c1OC#N. The van der Waals surface area contributed by atoms with Gasteiger partial charge in [-0.05, 0) is 202 Å². The van der Waals surface area contributed by atoms with Gasteiger partial charge in [0.15, 0.2) is 0 Å². The van der Waals surface area contributed by atoms with E-state index in [1.54, 1.807) is 18.8 Å². The molecule has 12 nitrogen and oxygen atoms in total. The Kier molecular flexibility index (Phi) is 14.5. The van der Waals surface area contributed by atoms with Crippen LogP contribution in [0.4, 0.5) is 0 Å². The number of nitrogens with zero attached hydrogens (tertiary/aromatic N) is 6. The van der Waals surface area contributed by atoms with Crippen LogP contribution in [0.2, 0.25) is 0 Å². The van der Waals surface area contributed by atoms with E-state index in [0.29, 0.717) is 53.8 Å². The van der Waals surface area contributed by atoms with Crippen molar-refractivity contribution in [3.05, 3.63) is 173 Å². The molecule has 0 aliphatic heterocycles. The summed E-state index contributed by atoms with van der Waals surface area (Å²) >= 11 is 0. The Balaban J connectivity index is 1.21. The zero-order chi connectivity index (χ0) is 49.7. The van der Waals surface area contributed by atoms with E-state index in [2.05, 4.69) is 36.4 Å². The first kappa shape index (κ1) is 48.5. The van der Waals surface area contributed by atoms with Crippen LogP contribution in [0.1, 0.15) is 100 Å². The molecule has 69 heavy (non-hydrogen) atoms. The molecule has 0 bridgehead atoms. The van der Waals surface area contributed by atoms with Gasteiger partial charge in [0.25, 0.3) is 18.8 Å². The number of benzene rings is 6. The van der Waals surface area contributed by atoms with Crippen LogP contribution in [0, 0.1) is 118 Å². The molecule has 0 unspecified atom stereocenters. The second-order valence-electron chi connectivity index (χ2n) is 18.0. The number of aromatic nitrogens is 3. The molecule has 0 N–H and O–H groups in total. The van der Waals surface area contributed by atoms with Crippen molar-refractivity contribution in [1.82, 2.24) is 15.0 Å². The van der Waals surface area contributed by atoms with Crippen LogP contribution in [0.15, 0.2) is 72.8 Å². The molecule has 0 spiro atoms. The van der Waals surface area contributed by atoms with E-state index < -0.39 is 0 Å². The molecular weight excluding hydrogens is 865 g/mol. The topological polar surface area (TPSA) is 165 Å². The molecule has 0 radical (unpaired) electrons. The van der Waals surface area contributed by atoms with Crippen LogP contribution in [-0.2, 0) is 19.3 Å². The van der Waals surface area contributed by atoms with Crippen LogP contribution in [0.25, 0.3) is 0 Å². The van der Waals surface area contributed by atoms with Crippen LogP contribution < -0.4 is 28.4 Å². The first-order valence-corrected chi connectivity index (χ1v) is 22.5. The lowest BCUT2D eigenvalue weighted by atomic mass is 9.97. The molecule has 0 aliphatic rings. The maximum absolute atomic E-state index is 9.11. The van der Waals surface area contributed by atoms with Crippen molar-refractivity contribution in [3.63, 3.8) is 0 Å². The summed E-state index contributed by atoms with van der Waals surface area (Å²) in [6.45, 7) is 23.5. The van der Waals surface area contributed by atoms with E-state index in [0.717, 1.165) is 100 Å². The molecule has 0 amide bonds. The molecule has 0 atom stereocenters. The predicted molar refractivity (Wildman–Crippen MR) is 263 cm³/mol. The number of hydrogen-bond donors (Lipinski definition) is 0. The highest BCUT2D eigenvalue weighted by Crippen LogP contribution is 2.37. The summed E-state index contributed by atoms with van der Waals surface area (Å²) in [5.74, 6) is 3.53. The minimum Gasteiger partial charge on any atom is -0.423 e. The van der Waals surface area contributed by atoms with Gasteiger partial charge >= 0.3 is 18.0 Å². The highest BCUT2D eigenvalue weighted by Gasteiger charge is 2.20. The second kappa shape index (κ2) is 20.6. The van der Waals surface area contributed by atoms with E-state index in [-0.39, 0.29) is 18.0 Å². The van der Waals surface area contributed by atoms with Gasteiger partial charge in [-0.2, -0.15) is 0 Å². The normalized spacial score (nSPS) is 10.7. The number of hydrogen-bond acceptors (Lipinski definition) is 12. The number of aryl methyl sites for hydroxylation is 12. The molecule has 348 valence electrons. The van der Waals surface area contributed by atoms with Crippen molar-refractivity contribution in [3.8, 4) is 71.3 Å². The Morgan fingerprint density at radius 3 is 0.609 bits per heavy atom. The smallest absolute Gasteiger partial charge is 0.331 e. The van der Waals surface area contributed by atoms with Gasteiger partial charge in [-0.3, -0.25) is 0 Å². The summed E-state index contributed by atoms with van der Waals surface area (Å²) in [5.41, 5.74) is 17.2. The Morgan fingerprint density at radius 1 is 0.290 bits per heavy atom. The lowest BCUT2D eigenvalue weighted by Crippen LogP contribution is -2.05. The third-order valence-electron chi connectivity index (χ3n) is 11.9. The van der Waals surface area contributed by atoms with Crippen LogP contribution in [0.5, 0.6) is 52.5 Å². The molecule has 1 heterocycles. The molecule has 7 aromatic rings. The summed E-state index contributed by atoms with van der Waals surface area (Å²) in [5, 5.41) is 27.3. The van der Waals surface area contributed by atoms with E-state index in [1.807, 2.05) is 119 Å². The van der Waals surface area contributed by atoms with Crippen LogP contribution in [0.3, 0.4) is 0 Å². The Hall–Kier alpha value is -8.40. The Labute approximate surface area is 404 Å². The molecular formula is C57H54N6O6. The Bertz CT molecular complexity index is 2790. The number of nitriles is 3. The molecule has 0 aliphatic carbocycles. The summed E-state index contributed by atoms with van der Waals surface area (Å²) in [6.07, 6.45) is 7.35. The summed E-state index contributed by atoms with van der Waals surface area (Å²) in [4.78, 5) is 14.1. The van der Waals surface area contributed by atoms with Gasteiger partial charge in [0.05, 0.1) is 0 Å². The fourth-order valence-electron chi connectivity index (χ4n) is 9.39. The zero-order valence-electron chi connectivity index (χ0n) is 41.2. The van der Waals surface area contributed by atoms with Gasteiger partial charge in [0, 0.05) is 0 Å². The highest BCUT2D eigenvalue weighted by atomic mass is 16.5. The molecule has 12 heteroatoms. The first-order valence-electron chi connectivity index (χ1n) is 22.5. The summed E-state index contributed by atoms with van der Waals surface area (Å²) in [6, 6.07) is 24.7. The average Bonchev–Trinajstić information content (AvgIpc) is 3.26. The largest absolute Gasteiger partial charge is 0.423 e. The number of ether oxygens (including phenoxy) is 6. The highest BCUT2D eigenvalue weighted by molar-refractivity contribution is 5.52. The van der Waals surface area contributed by atoms with Crippen molar-refractivity contribution in [2.45, 2.75) is 102 Å². The quantitative estimate of drug-likeness (QED) is 0.0895. The third kappa shape index (κ3) is 11.2. The average molecular weight is 919 g/mol.